The Morgan fingerprint density at radius 2 is 1.84 bits per heavy atom. The monoisotopic (exact) mass is 420 g/mol. The zero-order chi connectivity index (χ0) is 18.8. The van der Waals surface area contributed by atoms with E-state index in [9.17, 15) is 14.9 Å². The molecule has 0 aliphatic carbocycles. The van der Waals surface area contributed by atoms with Crippen LogP contribution in [0.15, 0.2) is 39.9 Å². The Kier molecular flexibility index (Phi) is 6.12. The van der Waals surface area contributed by atoms with Crippen LogP contribution in [0.25, 0.3) is 0 Å². The molecule has 0 fully saturated rings. The van der Waals surface area contributed by atoms with Gasteiger partial charge in [0, 0.05) is 4.90 Å². The first-order valence-electron chi connectivity index (χ1n) is 6.68. The van der Waals surface area contributed by atoms with Crippen LogP contribution in [0.4, 0.5) is 5.69 Å². The van der Waals surface area contributed by atoms with Gasteiger partial charge in [0.2, 0.25) is 4.33 Å². The number of nitriles is 1. The number of nitrogens with zero attached hydrogens (tertiary/aromatic N) is 2. The minimum Gasteiger partial charge on any atom is -0.465 e. The van der Waals surface area contributed by atoms with Gasteiger partial charge in [-0.3, -0.25) is 0 Å². The highest BCUT2D eigenvalue weighted by Crippen LogP contribution is 2.52. The van der Waals surface area contributed by atoms with E-state index in [1.165, 1.54) is 4.90 Å². The predicted molar refractivity (Wildman–Crippen MR) is 95.5 cm³/mol. The molecule has 1 atom stereocenters. The Labute approximate surface area is 163 Å². The number of anilines is 1. The third-order valence-electron chi connectivity index (χ3n) is 3.25. The number of alkyl halides is 2. The molecule has 1 aromatic carbocycles. The van der Waals surface area contributed by atoms with Crippen LogP contribution < -0.4 is 4.90 Å². The van der Waals surface area contributed by atoms with E-state index in [1.807, 2.05) is 0 Å². The topological polar surface area (TPSA) is 79.6 Å². The van der Waals surface area contributed by atoms with Gasteiger partial charge in [-0.1, -0.05) is 58.7 Å². The number of rotatable bonds is 4. The molecule has 2 rings (SSSR count). The minimum absolute atomic E-state index is 0.320. The normalized spacial score (nSPS) is 17.3. The molecule has 1 aromatic rings. The van der Waals surface area contributed by atoms with E-state index in [-0.39, 0.29) is 5.70 Å². The maximum atomic E-state index is 12.3. The summed E-state index contributed by atoms with van der Waals surface area (Å²) < 4.78 is 7.42. The number of hydrogen-bond donors (Lipinski definition) is 0. The zero-order valence-corrected chi connectivity index (χ0v) is 16.0. The Morgan fingerprint density at radius 3 is 2.40 bits per heavy atom. The Hall–Kier alpha value is -1.59. The molecule has 0 radical (unpaired) electrons. The van der Waals surface area contributed by atoms with Crippen molar-refractivity contribution in [3.8, 4) is 6.07 Å². The van der Waals surface area contributed by atoms with Crippen LogP contribution in [-0.2, 0) is 19.1 Å². The third-order valence-corrected chi connectivity index (χ3v) is 5.81. The van der Waals surface area contributed by atoms with Crippen molar-refractivity contribution in [2.24, 2.45) is 0 Å². The van der Waals surface area contributed by atoms with E-state index in [0.29, 0.717) is 10.6 Å². The van der Waals surface area contributed by atoms with E-state index in [2.05, 4.69) is 4.74 Å². The summed E-state index contributed by atoms with van der Waals surface area (Å²) in [6.07, 6.45) is 0. The SMILES string of the molecule is COC(=O)/C(Cl)=C(\C(=O)OC)N1c2ccccc2SC1C(Cl)(Cl)C#N. The summed E-state index contributed by atoms with van der Waals surface area (Å²) in [4.78, 5) is 26.2. The van der Waals surface area contributed by atoms with Gasteiger partial charge in [-0.25, -0.2) is 9.59 Å². The largest absolute Gasteiger partial charge is 0.465 e. The number of benzene rings is 1. The lowest BCUT2D eigenvalue weighted by Gasteiger charge is -2.31. The molecule has 10 heteroatoms. The number of halogens is 3. The molecular formula is C15H11Cl3N2O4S. The summed E-state index contributed by atoms with van der Waals surface area (Å²) in [5, 5.41) is 7.84. The van der Waals surface area contributed by atoms with Crippen LogP contribution in [0.1, 0.15) is 0 Å². The quantitative estimate of drug-likeness (QED) is 0.418. The molecule has 6 nitrogen and oxygen atoms in total. The fourth-order valence-corrected chi connectivity index (χ4v) is 4.08. The smallest absolute Gasteiger partial charge is 0.356 e. The maximum Gasteiger partial charge on any atom is 0.356 e. The predicted octanol–water partition coefficient (Wildman–Crippen LogP) is 3.42. The van der Waals surface area contributed by atoms with Crippen LogP contribution >= 0.6 is 46.6 Å². The van der Waals surface area contributed by atoms with Gasteiger partial charge >= 0.3 is 11.9 Å². The van der Waals surface area contributed by atoms with Crippen molar-refractivity contribution in [1.29, 1.82) is 5.26 Å². The number of thioether (sulfide) groups is 1. The molecule has 132 valence electrons. The van der Waals surface area contributed by atoms with Gasteiger partial charge in [0.05, 0.1) is 19.9 Å². The van der Waals surface area contributed by atoms with Gasteiger partial charge in [-0.05, 0) is 12.1 Å². The van der Waals surface area contributed by atoms with Gasteiger partial charge in [-0.2, -0.15) is 5.26 Å². The molecule has 0 saturated heterocycles. The highest BCUT2D eigenvalue weighted by molar-refractivity contribution is 8.00. The molecule has 0 spiro atoms. The zero-order valence-electron chi connectivity index (χ0n) is 13.0. The van der Waals surface area contributed by atoms with Gasteiger partial charge in [0.15, 0.2) is 10.7 Å². The summed E-state index contributed by atoms with van der Waals surface area (Å²) in [7, 11) is 2.25. The molecule has 0 aromatic heterocycles. The fourth-order valence-electron chi connectivity index (χ4n) is 2.16. The van der Waals surface area contributed by atoms with Crippen LogP contribution in [0.5, 0.6) is 0 Å². The van der Waals surface area contributed by atoms with Crippen molar-refractivity contribution in [1.82, 2.24) is 0 Å². The lowest BCUT2D eigenvalue weighted by Crippen LogP contribution is -2.43. The molecule has 1 unspecified atom stereocenters. The Bertz CT molecular complexity index is 791. The number of carbonyl (C=O) groups excluding carboxylic acids is 2. The maximum absolute atomic E-state index is 12.3. The number of fused-ring (bicyclic) bond motifs is 1. The number of hydrogen-bond acceptors (Lipinski definition) is 7. The van der Waals surface area contributed by atoms with Crippen molar-refractivity contribution in [2.75, 3.05) is 19.1 Å². The number of esters is 2. The minimum atomic E-state index is -1.91. The van der Waals surface area contributed by atoms with E-state index in [4.69, 9.17) is 39.5 Å². The summed E-state index contributed by atoms with van der Waals surface area (Å²) in [6, 6.07) is 8.69. The summed E-state index contributed by atoms with van der Waals surface area (Å²) >= 11 is 19.5. The van der Waals surface area contributed by atoms with Crippen LogP contribution in [0.3, 0.4) is 0 Å². The molecular weight excluding hydrogens is 411 g/mol. The molecule has 1 aliphatic rings. The van der Waals surface area contributed by atoms with Crippen molar-refractivity contribution in [3.63, 3.8) is 0 Å². The van der Waals surface area contributed by atoms with Gasteiger partial charge in [0.1, 0.15) is 11.4 Å². The average Bonchev–Trinajstić information content (AvgIpc) is 3.01. The Balaban J connectivity index is 2.73. The number of para-hydroxylation sites is 1. The van der Waals surface area contributed by atoms with Crippen molar-refractivity contribution >= 4 is 64.2 Å². The summed E-state index contributed by atoms with van der Waals surface area (Å²) in [5.74, 6) is -1.85. The highest BCUT2D eigenvalue weighted by atomic mass is 35.5. The first-order chi connectivity index (χ1) is 11.8. The van der Waals surface area contributed by atoms with Crippen molar-refractivity contribution in [3.05, 3.63) is 35.0 Å². The second kappa shape index (κ2) is 7.75. The summed E-state index contributed by atoms with van der Waals surface area (Å²) in [6.45, 7) is 0. The molecule has 0 amide bonds. The average molecular weight is 422 g/mol. The molecule has 25 heavy (non-hydrogen) atoms. The van der Waals surface area contributed by atoms with Crippen LogP contribution in [0, 0.1) is 11.3 Å². The lowest BCUT2D eigenvalue weighted by molar-refractivity contribution is -0.138. The Morgan fingerprint density at radius 1 is 1.24 bits per heavy atom. The van der Waals surface area contributed by atoms with Gasteiger partial charge in [0.25, 0.3) is 0 Å². The summed E-state index contributed by atoms with van der Waals surface area (Å²) in [5.41, 5.74) is 0.181. The van der Waals surface area contributed by atoms with E-state index in [1.54, 1.807) is 30.3 Å². The van der Waals surface area contributed by atoms with Gasteiger partial charge < -0.3 is 14.4 Å². The first kappa shape index (κ1) is 19.7. The van der Waals surface area contributed by atoms with Crippen molar-refractivity contribution < 1.29 is 19.1 Å². The lowest BCUT2D eigenvalue weighted by atomic mass is 10.2. The number of ether oxygens (including phenoxy) is 2. The highest BCUT2D eigenvalue weighted by Gasteiger charge is 2.49. The standard InChI is InChI=1S/C15H11Cl3N2O4S/c1-23-12(21)10(16)11(13(22)24-2)20-8-5-3-4-6-9(8)25-14(20)15(17,18)7-19/h3-6,14H,1-2H3/b11-10-. The van der Waals surface area contributed by atoms with Crippen molar-refractivity contribution in [2.45, 2.75) is 14.6 Å². The number of methoxy groups -OCH3 is 2. The van der Waals surface area contributed by atoms with Gasteiger partial charge in [-0.15, -0.1) is 0 Å². The molecule has 0 bridgehead atoms. The molecule has 0 saturated carbocycles. The molecule has 1 heterocycles. The second-order valence-electron chi connectivity index (χ2n) is 4.69. The first-order valence-corrected chi connectivity index (χ1v) is 8.70. The van der Waals surface area contributed by atoms with Crippen LogP contribution in [-0.4, -0.2) is 35.9 Å². The fraction of sp³-hybridized carbons (Fsp3) is 0.267. The molecule has 0 N–H and O–H groups in total. The van der Waals surface area contributed by atoms with Crippen LogP contribution in [0.2, 0.25) is 0 Å². The number of carbonyl (C=O) groups is 2. The van der Waals surface area contributed by atoms with E-state index in [0.717, 1.165) is 26.0 Å². The third kappa shape index (κ3) is 3.67. The molecule has 1 aliphatic heterocycles. The second-order valence-corrected chi connectivity index (χ2v) is 7.57. The van der Waals surface area contributed by atoms with E-state index < -0.39 is 26.7 Å². The van der Waals surface area contributed by atoms with E-state index >= 15 is 0 Å².